The molecular formula is C57H62O12. The smallest absolute Gasteiger partial charge is 0.303 e. The van der Waals surface area contributed by atoms with E-state index in [1.54, 1.807) is 7.11 Å². The molecule has 0 saturated carbocycles. The standard InChI is InChI=1S/C57H62O12/c1-41(58)67-55-53(64-37-46-29-17-7-18-30-46)50(61-34-43-23-11-4-12-24-43)48(39-60-33-42-21-9-3-10-22-42)69-57(55)66-40-49-51(62-35-44-25-13-5-14-26-44)52(63-36-45-27-15-6-16-28-45)54(56(59-2)68-49)65-38-47-31-19-8-20-32-47/h3-32,48-57H,33-40H2,1-2H3/t48?,49?,50-,51-,52?,53?,54?,55?,56+,57-/m1/s1. The zero-order valence-electron chi connectivity index (χ0n) is 39.1. The van der Waals surface area contributed by atoms with Gasteiger partial charge in [-0.15, -0.1) is 0 Å². The van der Waals surface area contributed by atoms with Crippen molar-refractivity contribution in [3.8, 4) is 0 Å². The molecule has 362 valence electrons. The van der Waals surface area contributed by atoms with Crippen LogP contribution in [0.3, 0.4) is 0 Å². The van der Waals surface area contributed by atoms with Crippen molar-refractivity contribution < 1.29 is 56.9 Å². The van der Waals surface area contributed by atoms with Crippen LogP contribution in [0, 0.1) is 0 Å². The quantitative estimate of drug-likeness (QED) is 0.0539. The molecule has 2 fully saturated rings. The van der Waals surface area contributed by atoms with E-state index in [1.165, 1.54) is 6.92 Å². The van der Waals surface area contributed by atoms with Crippen LogP contribution in [0.1, 0.15) is 40.3 Å². The molecule has 2 heterocycles. The van der Waals surface area contributed by atoms with Crippen molar-refractivity contribution in [1.29, 1.82) is 0 Å². The Balaban J connectivity index is 1.11. The molecule has 2 saturated heterocycles. The lowest BCUT2D eigenvalue weighted by molar-refractivity contribution is -0.347. The summed E-state index contributed by atoms with van der Waals surface area (Å²) in [6, 6.07) is 59.3. The molecule has 0 bridgehead atoms. The maximum absolute atomic E-state index is 13.1. The summed E-state index contributed by atoms with van der Waals surface area (Å²) < 4.78 is 72.9. The topological polar surface area (TPSA) is 119 Å². The fourth-order valence-electron chi connectivity index (χ4n) is 8.51. The first-order chi connectivity index (χ1) is 34.0. The van der Waals surface area contributed by atoms with Crippen molar-refractivity contribution in [2.45, 2.75) is 108 Å². The van der Waals surface area contributed by atoms with Crippen molar-refractivity contribution >= 4 is 5.97 Å². The van der Waals surface area contributed by atoms with E-state index in [9.17, 15) is 4.79 Å². The average Bonchev–Trinajstić information content (AvgIpc) is 3.39. The lowest BCUT2D eigenvalue weighted by Gasteiger charge is -2.47. The van der Waals surface area contributed by atoms with Crippen LogP contribution in [0.15, 0.2) is 182 Å². The number of hydrogen-bond acceptors (Lipinski definition) is 12. The first-order valence-electron chi connectivity index (χ1n) is 23.5. The number of hydrogen-bond donors (Lipinski definition) is 0. The van der Waals surface area contributed by atoms with Gasteiger partial charge in [-0.05, 0) is 33.4 Å². The first kappa shape index (κ1) is 49.8. The van der Waals surface area contributed by atoms with Crippen LogP contribution < -0.4 is 0 Å². The lowest BCUT2D eigenvalue weighted by Crippen LogP contribution is -2.64. The summed E-state index contributed by atoms with van der Waals surface area (Å²) in [5.74, 6) is -0.545. The molecule has 0 radical (unpaired) electrons. The van der Waals surface area contributed by atoms with Gasteiger partial charge in [0.25, 0.3) is 0 Å². The van der Waals surface area contributed by atoms with E-state index in [1.807, 2.05) is 182 Å². The highest BCUT2D eigenvalue weighted by Gasteiger charge is 2.53. The van der Waals surface area contributed by atoms with Crippen molar-refractivity contribution in [2.75, 3.05) is 20.3 Å². The molecular weight excluding hydrogens is 877 g/mol. The van der Waals surface area contributed by atoms with Gasteiger partial charge in [0.2, 0.25) is 0 Å². The number of carbonyl (C=O) groups is 1. The molecule has 8 rings (SSSR count). The van der Waals surface area contributed by atoms with Gasteiger partial charge in [-0.1, -0.05) is 182 Å². The molecule has 12 nitrogen and oxygen atoms in total. The van der Waals surface area contributed by atoms with Gasteiger partial charge in [-0.25, -0.2) is 0 Å². The minimum absolute atomic E-state index is 0.100. The number of esters is 1. The highest BCUT2D eigenvalue weighted by molar-refractivity contribution is 5.66. The van der Waals surface area contributed by atoms with Crippen molar-refractivity contribution in [3.05, 3.63) is 215 Å². The maximum Gasteiger partial charge on any atom is 0.303 e. The van der Waals surface area contributed by atoms with E-state index < -0.39 is 67.4 Å². The van der Waals surface area contributed by atoms with Crippen molar-refractivity contribution in [1.82, 2.24) is 0 Å². The largest absolute Gasteiger partial charge is 0.454 e. The van der Waals surface area contributed by atoms with Gasteiger partial charge in [-0.3, -0.25) is 4.79 Å². The number of methoxy groups -OCH3 is 1. The van der Waals surface area contributed by atoms with E-state index in [0.29, 0.717) is 6.61 Å². The molecule has 69 heavy (non-hydrogen) atoms. The predicted octanol–water partition coefficient (Wildman–Crippen LogP) is 9.17. The third kappa shape index (κ3) is 14.7. The van der Waals surface area contributed by atoms with Gasteiger partial charge in [-0.2, -0.15) is 0 Å². The summed E-state index contributed by atoms with van der Waals surface area (Å²) in [7, 11) is 1.58. The minimum atomic E-state index is -1.17. The fourth-order valence-corrected chi connectivity index (χ4v) is 8.51. The highest BCUT2D eigenvalue weighted by Crippen LogP contribution is 2.35. The van der Waals surface area contributed by atoms with Gasteiger partial charge in [0, 0.05) is 14.0 Å². The minimum Gasteiger partial charge on any atom is -0.454 e. The van der Waals surface area contributed by atoms with Crippen LogP contribution in [0.4, 0.5) is 0 Å². The first-order valence-corrected chi connectivity index (χ1v) is 23.5. The van der Waals surface area contributed by atoms with Crippen LogP contribution in [0.2, 0.25) is 0 Å². The van der Waals surface area contributed by atoms with E-state index in [-0.39, 0.29) is 46.2 Å². The zero-order valence-corrected chi connectivity index (χ0v) is 39.1. The predicted molar refractivity (Wildman–Crippen MR) is 257 cm³/mol. The summed E-state index contributed by atoms with van der Waals surface area (Å²) in [6.07, 6.45) is -8.53. The Kier molecular flexibility index (Phi) is 19.0. The lowest BCUT2D eigenvalue weighted by atomic mass is 9.97. The van der Waals surface area contributed by atoms with Crippen molar-refractivity contribution in [3.63, 3.8) is 0 Å². The van der Waals surface area contributed by atoms with Gasteiger partial charge in [0.05, 0.1) is 52.9 Å². The molecule has 2 aliphatic heterocycles. The van der Waals surface area contributed by atoms with Gasteiger partial charge < -0.3 is 52.1 Å². The molecule has 0 aliphatic carbocycles. The van der Waals surface area contributed by atoms with E-state index in [4.69, 9.17) is 52.1 Å². The summed E-state index contributed by atoms with van der Waals surface area (Å²) in [5.41, 5.74) is 5.77. The Hall–Kier alpha value is -5.61. The third-order valence-electron chi connectivity index (χ3n) is 12.0. The normalized spacial score (nSPS) is 24.7. The molecule has 0 spiro atoms. The number of ether oxygens (including phenoxy) is 11. The number of rotatable bonds is 24. The van der Waals surface area contributed by atoms with Crippen LogP contribution in [0.25, 0.3) is 0 Å². The van der Waals surface area contributed by atoms with E-state index in [2.05, 4.69) is 0 Å². The molecule has 0 amide bonds. The van der Waals surface area contributed by atoms with Crippen LogP contribution >= 0.6 is 0 Å². The second-order valence-corrected chi connectivity index (χ2v) is 17.0. The number of benzene rings is 6. The molecule has 0 aromatic heterocycles. The molecule has 10 atom stereocenters. The zero-order chi connectivity index (χ0) is 47.5. The van der Waals surface area contributed by atoms with Crippen molar-refractivity contribution in [2.24, 2.45) is 0 Å². The molecule has 6 unspecified atom stereocenters. The summed E-state index contributed by atoms with van der Waals surface area (Å²) >= 11 is 0. The SMILES string of the molecule is CO[C@H]1OC(CO[C@@H]2OC(COCc3ccccc3)[C@@H](OCc3ccccc3)C(OCc3ccccc3)C2OC(C)=O)[C@@H](OCc2ccccc2)C(OCc2ccccc2)C1OCc1ccccc1. The van der Waals surface area contributed by atoms with Gasteiger partial charge in [0.1, 0.15) is 42.7 Å². The maximum atomic E-state index is 13.1. The molecule has 12 heteroatoms. The Labute approximate surface area is 405 Å². The molecule has 6 aromatic carbocycles. The average molecular weight is 939 g/mol. The van der Waals surface area contributed by atoms with E-state index >= 15 is 0 Å². The summed E-state index contributed by atoms with van der Waals surface area (Å²) in [6.45, 7) is 2.90. The van der Waals surface area contributed by atoms with Gasteiger partial charge in [0.15, 0.2) is 18.7 Å². The monoisotopic (exact) mass is 938 g/mol. The summed E-state index contributed by atoms with van der Waals surface area (Å²) in [4.78, 5) is 13.1. The third-order valence-corrected chi connectivity index (χ3v) is 12.0. The Bertz CT molecular complexity index is 2350. The van der Waals surface area contributed by atoms with Crippen LogP contribution in [-0.4, -0.2) is 87.7 Å². The number of carbonyl (C=O) groups excluding carboxylic acids is 1. The summed E-state index contributed by atoms with van der Waals surface area (Å²) in [5, 5.41) is 0. The Morgan fingerprint density at radius 2 is 0.696 bits per heavy atom. The van der Waals surface area contributed by atoms with Crippen LogP contribution in [0.5, 0.6) is 0 Å². The van der Waals surface area contributed by atoms with E-state index in [0.717, 1.165) is 33.4 Å². The Morgan fingerprint density at radius 3 is 1.07 bits per heavy atom. The Morgan fingerprint density at radius 1 is 0.377 bits per heavy atom. The van der Waals surface area contributed by atoms with Gasteiger partial charge >= 0.3 is 5.97 Å². The second kappa shape index (κ2) is 26.4. The molecule has 2 aliphatic rings. The highest BCUT2D eigenvalue weighted by atomic mass is 16.8. The fraction of sp³-hybridized carbons (Fsp3) is 0.351. The second-order valence-electron chi connectivity index (χ2n) is 17.0. The molecule has 6 aromatic rings. The van der Waals surface area contributed by atoms with Crippen LogP contribution in [-0.2, 0) is 96.5 Å². The molecule has 0 N–H and O–H groups in total.